The summed E-state index contributed by atoms with van der Waals surface area (Å²) in [4.78, 5) is 143. The van der Waals surface area contributed by atoms with Gasteiger partial charge in [-0.1, -0.05) is 12.8 Å². The fourth-order valence-corrected chi connectivity index (χ4v) is 16.0. The summed E-state index contributed by atoms with van der Waals surface area (Å²) < 4.78 is 144. The third-order valence-electron chi connectivity index (χ3n) is 19.0. The fourth-order valence-electron chi connectivity index (χ4n) is 13.2. The molecule has 16 rings (SSSR count). The number of nitrogens with zero attached hydrogens (tertiary/aromatic N) is 19. The van der Waals surface area contributed by atoms with E-state index in [4.69, 9.17) is 84.6 Å². The highest BCUT2D eigenvalue weighted by molar-refractivity contribution is 7.85. The molecule has 0 radical (unpaired) electrons. The van der Waals surface area contributed by atoms with Gasteiger partial charge in [0.15, 0.2) is 87.7 Å². The van der Waals surface area contributed by atoms with Crippen LogP contribution in [0, 0.1) is 0 Å². The molecule has 10 aromatic heterocycles. The number of hydrogen-bond acceptors (Lipinski definition) is 45. The molecular weight excluding hydrogens is 1810 g/mol. The molecule has 1 amide bonds. The van der Waals surface area contributed by atoms with Gasteiger partial charge in [-0.3, -0.25) is 59.2 Å². The minimum Gasteiger partial charge on any atom is -0.387 e. The Bertz CT molecular complexity index is 5770. The zero-order valence-electron chi connectivity index (χ0n) is 62.5. The first kappa shape index (κ1) is 94.8. The number of nitrogen functional groups attached to an aromatic ring is 2. The predicted molar refractivity (Wildman–Crippen MR) is 398 cm³/mol. The highest BCUT2D eigenvalue weighted by Crippen LogP contribution is 2.48. The molecule has 21 atom stereocenters. The molecule has 0 aromatic carbocycles. The van der Waals surface area contributed by atoms with Gasteiger partial charge in [0, 0.05) is 18.4 Å². The van der Waals surface area contributed by atoms with E-state index in [1.807, 2.05) is 0 Å². The lowest BCUT2D eigenvalue weighted by molar-refractivity contribution is -0.0510. The van der Waals surface area contributed by atoms with Gasteiger partial charge in [-0.25, -0.2) is 87.6 Å². The SMILES string of the molecule is NC(=O)c1ncn([C@@H]2O[C@H](COP(=O)(O)O)[C@@H](O)C2O)c1N.Nc1ncnc2c1ncn2[C@@H]1O[C@H](COP(=O)(O)OS(=O)(=O)O)[C@@H](O)C1O.O=P(O)(O)OC[C@H]1O[C@@H](n2cnc3c(NC4CCCC4)ncnc32)C(O)[C@@H]1O.O=P(O)(O)OC[C@H]1O[C@@H](n2cnc3c2ncn2ccnc32)C(O)[C@@H]1O.O=P(O)(O)OC[C@H]1O[C@@H](n2cnc3cncnc32)C(O)[C@@H]1O. The molecule has 10 aromatic rings. The number of phosphoric acid groups is 5. The van der Waals surface area contributed by atoms with Crippen LogP contribution in [0.2, 0.25) is 0 Å². The van der Waals surface area contributed by atoms with E-state index in [1.165, 1.54) is 81.6 Å². The summed E-state index contributed by atoms with van der Waals surface area (Å²) in [6.07, 6.45) is -4.69. The van der Waals surface area contributed by atoms with Crippen LogP contribution < -0.4 is 22.5 Å². The van der Waals surface area contributed by atoms with Crippen LogP contribution in [0.3, 0.4) is 0 Å². The third-order valence-corrected chi connectivity index (χ3v) is 22.9. The normalized spacial score (nSPS) is 28.6. The Labute approximate surface area is 689 Å². The van der Waals surface area contributed by atoms with Crippen LogP contribution in [0.15, 0.2) is 75.5 Å². The topological polar surface area (TPSA) is 929 Å². The Balaban J connectivity index is 0.000000142. The van der Waals surface area contributed by atoms with Crippen molar-refractivity contribution in [1.82, 2.24) is 92.0 Å². The lowest BCUT2D eigenvalue weighted by atomic mass is 10.1. The van der Waals surface area contributed by atoms with Crippen molar-refractivity contribution in [1.29, 1.82) is 0 Å². The number of primary amides is 1. The predicted octanol–water partition coefficient (Wildman–Crippen LogP) is -7.47. The number of rotatable bonds is 25. The molecule has 6 fully saturated rings. The Morgan fingerprint density at radius 1 is 0.444 bits per heavy atom. The minimum atomic E-state index is -5.26. The zero-order chi connectivity index (χ0) is 90.2. The number of hydrogen-bond donors (Lipinski definition) is 24. The number of carbonyl (C=O) groups is 1. The van der Waals surface area contributed by atoms with Crippen LogP contribution in [0.5, 0.6) is 0 Å². The summed E-state index contributed by atoms with van der Waals surface area (Å²) in [6.45, 7) is -3.22. The van der Waals surface area contributed by atoms with Gasteiger partial charge < -0.3 is 141 Å². The molecule has 5 aliphatic heterocycles. The molecule has 0 spiro atoms. The van der Waals surface area contributed by atoms with Crippen LogP contribution in [-0.2, 0) is 83.5 Å². The van der Waals surface area contributed by atoms with Crippen LogP contribution >= 0.6 is 39.1 Å². The molecule has 15 heterocycles. The van der Waals surface area contributed by atoms with E-state index >= 15 is 0 Å². The molecule has 68 heteroatoms. The van der Waals surface area contributed by atoms with Crippen molar-refractivity contribution < 1.29 is 186 Å². The third kappa shape index (κ3) is 22.4. The number of ether oxygens (including phenoxy) is 5. The highest BCUT2D eigenvalue weighted by atomic mass is 32.3. The molecule has 6 unspecified atom stereocenters. The van der Waals surface area contributed by atoms with Gasteiger partial charge in [-0.2, -0.15) is 8.42 Å². The Morgan fingerprint density at radius 2 is 0.823 bits per heavy atom. The quantitative estimate of drug-likeness (QED) is 0.0187. The number of aliphatic hydroxyl groups is 10. The fraction of sp³-hybridized carbons (Fsp3) is 0.536. The Morgan fingerprint density at radius 3 is 1.26 bits per heavy atom. The van der Waals surface area contributed by atoms with Gasteiger partial charge >= 0.3 is 49.5 Å². The number of phosphoric ester groups is 5. The molecule has 124 heavy (non-hydrogen) atoms. The van der Waals surface area contributed by atoms with Crippen molar-refractivity contribution in [3.05, 3.63) is 81.2 Å². The van der Waals surface area contributed by atoms with E-state index in [2.05, 4.69) is 96.7 Å². The van der Waals surface area contributed by atoms with Crippen LogP contribution in [0.4, 0.5) is 17.5 Å². The van der Waals surface area contributed by atoms with Gasteiger partial charge in [0.2, 0.25) is 0 Å². The maximum absolute atomic E-state index is 11.4. The molecule has 62 nitrogen and oxygen atoms in total. The first-order valence-corrected chi connectivity index (χ1v) is 44.4. The number of aromatic nitrogens is 19. The second-order valence-corrected chi connectivity index (χ2v) is 34.9. The summed E-state index contributed by atoms with van der Waals surface area (Å²) in [5, 5.41) is 104. The molecule has 27 N–H and O–H groups in total. The Kier molecular flexibility index (Phi) is 29.3. The first-order valence-electron chi connectivity index (χ1n) is 35.4. The van der Waals surface area contributed by atoms with Gasteiger partial charge in [0.25, 0.3) is 5.91 Å². The van der Waals surface area contributed by atoms with Gasteiger partial charge in [-0.05, 0) is 12.8 Å². The van der Waals surface area contributed by atoms with E-state index in [0.717, 1.165) is 30.1 Å². The monoisotopic (exact) mass is 1880 g/mol. The van der Waals surface area contributed by atoms with Gasteiger partial charge in [0.1, 0.15) is 134 Å². The summed E-state index contributed by atoms with van der Waals surface area (Å²) in [5.74, 6) is -0.397. The number of fused-ring (bicyclic) bond motifs is 6. The summed E-state index contributed by atoms with van der Waals surface area (Å²) >= 11 is 0. The first-order chi connectivity index (χ1) is 58.1. The number of carbonyl (C=O) groups excluding carboxylic acids is 1. The maximum atomic E-state index is 11.4. The molecule has 1 aliphatic carbocycles. The molecule has 5 saturated heterocycles. The van der Waals surface area contributed by atoms with Crippen molar-refractivity contribution in [2.75, 3.05) is 49.8 Å². The van der Waals surface area contributed by atoms with Crippen molar-refractivity contribution in [3.63, 3.8) is 0 Å². The van der Waals surface area contributed by atoms with Gasteiger partial charge in [0.05, 0.1) is 70.9 Å². The highest BCUT2D eigenvalue weighted by Gasteiger charge is 2.51. The van der Waals surface area contributed by atoms with Crippen molar-refractivity contribution >= 4 is 123 Å². The van der Waals surface area contributed by atoms with Crippen molar-refractivity contribution in [2.24, 2.45) is 5.73 Å². The molecule has 6 aliphatic rings. The number of aliphatic hydroxyl groups excluding tert-OH is 10. The number of imidazole rings is 6. The molecule has 1 saturated carbocycles. The maximum Gasteiger partial charge on any atom is 0.488 e. The van der Waals surface area contributed by atoms with Crippen molar-refractivity contribution in [3.8, 4) is 0 Å². The van der Waals surface area contributed by atoms with E-state index in [-0.39, 0.29) is 28.5 Å². The second kappa shape index (κ2) is 38.3. The number of anilines is 3. The second-order valence-electron chi connectivity index (χ2n) is 27.3. The number of amides is 1. The average molecular weight is 1880 g/mol. The summed E-state index contributed by atoms with van der Waals surface area (Å²) in [5.41, 5.74) is 19.8. The van der Waals surface area contributed by atoms with Gasteiger partial charge in [-0.15, -0.1) is 3.97 Å². The van der Waals surface area contributed by atoms with E-state index < -0.39 is 211 Å². The molecular formula is C56H78N23O39P5S. The van der Waals surface area contributed by atoms with E-state index in [0.29, 0.717) is 51.0 Å². The summed E-state index contributed by atoms with van der Waals surface area (Å²) in [6, 6.07) is 0.326. The number of nitrogens with two attached hydrogens (primary N) is 3. The molecule has 0 bridgehead atoms. The lowest BCUT2D eigenvalue weighted by Crippen LogP contribution is -2.33. The van der Waals surface area contributed by atoms with E-state index in [9.17, 15) is 92.0 Å². The van der Waals surface area contributed by atoms with E-state index in [1.54, 1.807) is 16.8 Å². The van der Waals surface area contributed by atoms with Crippen LogP contribution in [0.1, 0.15) is 67.3 Å². The summed E-state index contributed by atoms with van der Waals surface area (Å²) in [7, 11) is -29.4. The largest absolute Gasteiger partial charge is 0.488 e. The van der Waals surface area contributed by atoms with Crippen LogP contribution in [0.25, 0.3) is 50.3 Å². The van der Waals surface area contributed by atoms with Crippen molar-refractivity contribution in [2.45, 2.75) is 154 Å². The minimum absolute atomic E-state index is 0.0789. The zero-order valence-corrected chi connectivity index (χ0v) is 67.8. The standard InChI is InChI=1S/C15H22N5O7P.C12H14N5O7P.C10H14N5O10PS.C10H13N4O7P.C9H15N4O8P/c21-11-9(5-26-28(23,24)25)27-15(12(11)22)20-7-18-10-13(16-6-17-14(10)20)19-8-3-1-2-4-8;18-8-6(3-23-25(20,21)22)24-12(9(8)19)17-5-14-7-10-13-1-2-16(10)4-15-11(7)17;11-8-5-9(13-2-12-8)15(3-14-5)10-7(17)6(16)4(24-10)1-23-26(18,19)25-27(20,21)22;15-7-6(2-20-22(17,18)19)21-10(8(7)16)14-4-13-5-1-11-3-12-9(5)14;10-7-4(8(11)16)12-2-13(7)9-6(15)5(14)3(21-9)1-20-22(17,18)19/h6-9,11-12,15,21-22H,1-5H2,(H,16,17,19)(H2,23,24,25);1-2,4-6,8-9,12,18-19H,3H2,(H2,20,21,22);2-4,6-7,10,16-17H,1H2,(H,18,19)(H2,11,12,13)(H,20,21,22);1,3-4,6-8,10,15-16H,2H2,(H2,17,18,19);2-3,5-6,9,14-15H,1,10H2,(H2,11,16)(H2,17,18,19)/t9-,11-,12?,15-;6-,8-,9?,12-;4-,6-,7?,10-;6-,7-,8?,10-;3-,5-,6?,9-/m11111/s1. The Hall–Kier alpha value is -8.32. The lowest BCUT2D eigenvalue weighted by Gasteiger charge is -2.17. The molecule has 682 valence electrons. The smallest absolute Gasteiger partial charge is 0.387 e. The number of nitrogens with one attached hydrogen (secondary N) is 1. The average Bonchev–Trinajstić information content (AvgIpc) is 1.52. The van der Waals surface area contributed by atoms with Crippen LogP contribution in [-0.4, -0.2) is 337 Å².